The quantitative estimate of drug-likeness (QED) is 0.493. The van der Waals surface area contributed by atoms with E-state index in [2.05, 4.69) is 20.3 Å². The van der Waals surface area contributed by atoms with Crippen LogP contribution < -0.4 is 5.32 Å². The van der Waals surface area contributed by atoms with Crippen molar-refractivity contribution in [2.45, 2.75) is 45.3 Å². The third-order valence-electron chi connectivity index (χ3n) is 5.71. The third-order valence-corrected chi connectivity index (χ3v) is 6.02. The molecular weight excluding hydrogens is 463 g/mol. The fourth-order valence-electron chi connectivity index (χ4n) is 4.09. The Bertz CT molecular complexity index is 1220. The van der Waals surface area contributed by atoms with Crippen LogP contribution in [0, 0.1) is 5.82 Å². The molecule has 0 aliphatic carbocycles. The Kier molecular flexibility index (Phi) is 7.25. The molecule has 180 valence electrons. The van der Waals surface area contributed by atoms with Crippen molar-refractivity contribution in [2.75, 3.05) is 25.1 Å². The second kappa shape index (κ2) is 10.2. The molecule has 1 aliphatic rings. The third kappa shape index (κ3) is 4.82. The summed E-state index contributed by atoms with van der Waals surface area (Å²) in [6.45, 7) is 6.59. The van der Waals surface area contributed by atoms with Gasteiger partial charge in [0.2, 0.25) is 5.95 Å². The average molecular weight is 489 g/mol. The van der Waals surface area contributed by atoms with E-state index in [9.17, 15) is 14.3 Å². The number of nitrogens with zero attached hydrogens (tertiary/aromatic N) is 3. The van der Waals surface area contributed by atoms with Gasteiger partial charge in [0, 0.05) is 23.8 Å². The number of aliphatic hydroxyl groups is 1. The van der Waals surface area contributed by atoms with E-state index < -0.39 is 17.9 Å². The van der Waals surface area contributed by atoms with Gasteiger partial charge in [0.05, 0.1) is 47.7 Å². The zero-order valence-corrected chi connectivity index (χ0v) is 19.9. The van der Waals surface area contributed by atoms with Gasteiger partial charge in [-0.05, 0) is 37.0 Å². The van der Waals surface area contributed by atoms with Gasteiger partial charge >= 0.3 is 5.97 Å². The lowest BCUT2D eigenvalue weighted by Crippen LogP contribution is -2.42. The van der Waals surface area contributed by atoms with Crippen LogP contribution in [0.3, 0.4) is 0 Å². The van der Waals surface area contributed by atoms with Gasteiger partial charge in [0.25, 0.3) is 0 Å². The van der Waals surface area contributed by atoms with Crippen LogP contribution in [0.2, 0.25) is 5.02 Å². The zero-order valence-electron chi connectivity index (χ0n) is 19.1. The summed E-state index contributed by atoms with van der Waals surface area (Å²) in [4.78, 5) is 25.3. The van der Waals surface area contributed by atoms with Gasteiger partial charge in [0.1, 0.15) is 5.69 Å². The predicted molar refractivity (Wildman–Crippen MR) is 127 cm³/mol. The molecule has 0 saturated carbocycles. The summed E-state index contributed by atoms with van der Waals surface area (Å²) in [5, 5.41) is 14.1. The monoisotopic (exact) mass is 488 g/mol. The Morgan fingerprint density at radius 3 is 2.85 bits per heavy atom. The highest BCUT2D eigenvalue weighted by atomic mass is 35.5. The number of pyridine rings is 1. The van der Waals surface area contributed by atoms with E-state index in [0.29, 0.717) is 35.1 Å². The highest BCUT2D eigenvalue weighted by molar-refractivity contribution is 6.34. The molecule has 1 fully saturated rings. The second-order valence-electron chi connectivity index (χ2n) is 8.38. The summed E-state index contributed by atoms with van der Waals surface area (Å²) in [6.07, 6.45) is 2.38. The van der Waals surface area contributed by atoms with E-state index in [0.717, 1.165) is 11.8 Å². The van der Waals surface area contributed by atoms with Crippen LogP contribution in [0.1, 0.15) is 49.0 Å². The van der Waals surface area contributed by atoms with Crippen molar-refractivity contribution >= 4 is 34.4 Å². The fraction of sp³-hybridized carbons (Fsp3) is 0.417. The molecule has 8 nitrogen and oxygen atoms in total. The number of aromatic nitrogens is 3. The van der Waals surface area contributed by atoms with Crippen LogP contribution in [0.15, 0.2) is 24.5 Å². The largest absolute Gasteiger partial charge is 0.462 e. The van der Waals surface area contributed by atoms with Gasteiger partial charge in [-0.15, -0.1) is 0 Å². The molecular formula is C24H26ClFN4O4. The normalized spacial score (nSPS) is 18.3. The van der Waals surface area contributed by atoms with Crippen LogP contribution in [0.5, 0.6) is 0 Å². The van der Waals surface area contributed by atoms with Gasteiger partial charge in [-0.3, -0.25) is 4.98 Å². The highest BCUT2D eigenvalue weighted by Crippen LogP contribution is 2.36. The number of carbonyl (C=O) groups is 1. The molecule has 1 aliphatic heterocycles. The van der Waals surface area contributed by atoms with Gasteiger partial charge in [-0.25, -0.2) is 19.2 Å². The zero-order chi connectivity index (χ0) is 24.4. The van der Waals surface area contributed by atoms with E-state index in [4.69, 9.17) is 21.1 Å². The Morgan fingerprint density at radius 1 is 1.35 bits per heavy atom. The number of aliphatic hydroxyl groups excluding tert-OH is 1. The van der Waals surface area contributed by atoms with Crippen molar-refractivity contribution in [1.29, 1.82) is 0 Å². The summed E-state index contributed by atoms with van der Waals surface area (Å²) in [5.74, 6) is -0.992. The van der Waals surface area contributed by atoms with Crippen LogP contribution in [0.25, 0.3) is 22.2 Å². The Balaban J connectivity index is 1.81. The minimum Gasteiger partial charge on any atom is -0.462 e. The van der Waals surface area contributed by atoms with Crippen molar-refractivity contribution < 1.29 is 23.8 Å². The topological polar surface area (TPSA) is 106 Å². The SMILES string of the molecule is CCOC(=O)c1cnc2cc(Cl)c(-c3nc(N[C@@H]4CCOC[C@H]4O)ncc3F)cc2c1C(C)C. The predicted octanol–water partition coefficient (Wildman–Crippen LogP) is 4.35. The first-order chi connectivity index (χ1) is 16.3. The molecule has 0 bridgehead atoms. The van der Waals surface area contributed by atoms with Crippen molar-refractivity contribution in [3.63, 3.8) is 0 Å². The molecule has 4 rings (SSSR count). The lowest BCUT2D eigenvalue weighted by molar-refractivity contribution is -0.0136. The number of rotatable bonds is 6. The first-order valence-electron chi connectivity index (χ1n) is 11.1. The van der Waals surface area contributed by atoms with Crippen LogP contribution in [0.4, 0.5) is 10.3 Å². The number of anilines is 1. The number of hydrogen-bond donors (Lipinski definition) is 2. The lowest BCUT2D eigenvalue weighted by Gasteiger charge is -2.28. The molecule has 3 heterocycles. The van der Waals surface area contributed by atoms with Gasteiger partial charge in [0.15, 0.2) is 5.82 Å². The van der Waals surface area contributed by atoms with E-state index in [-0.39, 0.29) is 41.8 Å². The maximum absolute atomic E-state index is 14.9. The first kappa shape index (κ1) is 24.3. The second-order valence-corrected chi connectivity index (χ2v) is 8.79. The Labute approximate surface area is 201 Å². The Hall–Kier alpha value is -2.88. The maximum Gasteiger partial charge on any atom is 0.340 e. The number of carbonyl (C=O) groups excluding carboxylic acids is 1. The molecule has 34 heavy (non-hydrogen) atoms. The van der Waals surface area contributed by atoms with Gasteiger partial charge in [-0.1, -0.05) is 25.4 Å². The number of nitrogens with one attached hydrogen (secondary N) is 1. The number of fused-ring (bicyclic) bond motifs is 1. The maximum atomic E-state index is 14.9. The van der Waals surface area contributed by atoms with Crippen molar-refractivity contribution in [2.24, 2.45) is 0 Å². The van der Waals surface area contributed by atoms with Crippen LogP contribution in [-0.4, -0.2) is 58.0 Å². The summed E-state index contributed by atoms with van der Waals surface area (Å²) in [6, 6.07) is 3.01. The smallest absolute Gasteiger partial charge is 0.340 e. The van der Waals surface area contributed by atoms with E-state index in [1.807, 2.05) is 13.8 Å². The minimum absolute atomic E-state index is 0.00203. The molecule has 10 heteroatoms. The van der Waals surface area contributed by atoms with E-state index >= 15 is 0 Å². The van der Waals surface area contributed by atoms with Crippen LogP contribution in [-0.2, 0) is 9.47 Å². The number of ether oxygens (including phenoxy) is 2. The van der Waals surface area contributed by atoms with Gasteiger partial charge < -0.3 is 19.9 Å². The van der Waals surface area contributed by atoms with Crippen molar-refractivity contribution in [3.05, 3.63) is 46.5 Å². The summed E-state index contributed by atoms with van der Waals surface area (Å²) >= 11 is 6.53. The number of hydrogen-bond acceptors (Lipinski definition) is 8. The summed E-state index contributed by atoms with van der Waals surface area (Å²) in [7, 11) is 0. The van der Waals surface area contributed by atoms with E-state index in [1.165, 1.54) is 6.20 Å². The number of esters is 1. The summed E-state index contributed by atoms with van der Waals surface area (Å²) in [5.41, 5.74) is 2.01. The molecule has 0 amide bonds. The molecule has 1 aromatic carbocycles. The first-order valence-corrected chi connectivity index (χ1v) is 11.5. The molecule has 0 unspecified atom stereocenters. The van der Waals surface area contributed by atoms with Crippen LogP contribution >= 0.6 is 11.6 Å². The summed E-state index contributed by atoms with van der Waals surface area (Å²) < 4.78 is 25.3. The number of halogens is 2. The molecule has 2 aromatic heterocycles. The Morgan fingerprint density at radius 2 is 2.15 bits per heavy atom. The number of benzene rings is 1. The molecule has 0 spiro atoms. The average Bonchev–Trinajstić information content (AvgIpc) is 2.80. The molecule has 2 N–H and O–H groups in total. The van der Waals surface area contributed by atoms with Crippen molar-refractivity contribution in [3.8, 4) is 11.3 Å². The standard InChI is InChI=1S/C24H26ClFN4O4/c1-4-34-23(32)15-9-27-19-8-16(25)13(7-14(19)21(15)12(2)3)22-17(26)10-28-24(30-22)29-18-5-6-33-11-20(18)31/h7-10,12,18,20,31H,4-6,11H2,1-3H3,(H,28,29,30)/t18-,20-/m1/s1. The molecule has 0 radical (unpaired) electrons. The molecule has 3 aromatic rings. The molecule has 2 atom stereocenters. The lowest BCUT2D eigenvalue weighted by atomic mass is 9.92. The highest BCUT2D eigenvalue weighted by Gasteiger charge is 2.25. The van der Waals surface area contributed by atoms with Crippen molar-refractivity contribution in [1.82, 2.24) is 15.0 Å². The minimum atomic E-state index is -0.726. The fourth-order valence-corrected chi connectivity index (χ4v) is 4.34. The van der Waals surface area contributed by atoms with E-state index in [1.54, 1.807) is 19.1 Å². The van der Waals surface area contributed by atoms with Gasteiger partial charge in [-0.2, -0.15) is 0 Å². The molecule has 1 saturated heterocycles.